The number of benzene rings is 1. The van der Waals surface area contributed by atoms with Crippen LogP contribution in [0.25, 0.3) is 6.08 Å². The second-order valence-electron chi connectivity index (χ2n) is 3.72. The van der Waals surface area contributed by atoms with Crippen LogP contribution < -0.4 is 9.88 Å². The number of rotatable bonds is 2. The van der Waals surface area contributed by atoms with Gasteiger partial charge in [0.1, 0.15) is 5.75 Å². The first-order valence-corrected chi connectivity index (χ1v) is 6.45. The molecule has 0 heterocycles. The summed E-state index contributed by atoms with van der Waals surface area (Å²) >= 11 is 0. The van der Waals surface area contributed by atoms with Gasteiger partial charge < -0.3 is 4.74 Å². The van der Waals surface area contributed by atoms with Gasteiger partial charge in [-0.3, -0.25) is 0 Å². The van der Waals surface area contributed by atoms with Gasteiger partial charge in [0.2, 0.25) is 10.0 Å². The van der Waals surface area contributed by atoms with Crippen molar-refractivity contribution in [2.24, 2.45) is 5.14 Å². The zero-order valence-corrected chi connectivity index (χ0v) is 9.75. The Balaban J connectivity index is 2.50. The fourth-order valence-electron chi connectivity index (χ4n) is 1.79. The van der Waals surface area contributed by atoms with Crippen molar-refractivity contribution >= 4 is 16.1 Å². The van der Waals surface area contributed by atoms with Crippen LogP contribution in [0.5, 0.6) is 5.75 Å². The molecule has 0 aliphatic heterocycles. The van der Waals surface area contributed by atoms with Gasteiger partial charge in [0.15, 0.2) is 0 Å². The maximum Gasteiger partial charge on any atom is 0.234 e. The lowest BCUT2D eigenvalue weighted by molar-refractivity contribution is 0.414. The number of aryl methyl sites for hydroxylation is 1. The molecular formula is C11H13NO3S. The fraction of sp³-hybridized carbons (Fsp3) is 0.273. The van der Waals surface area contributed by atoms with Gasteiger partial charge in [0.05, 0.1) is 12.0 Å². The number of primary sulfonamides is 1. The third-order valence-electron chi connectivity index (χ3n) is 2.68. The molecule has 0 aromatic heterocycles. The largest absolute Gasteiger partial charge is 0.497 e. The zero-order chi connectivity index (χ0) is 11.8. The van der Waals surface area contributed by atoms with Gasteiger partial charge in [0, 0.05) is 0 Å². The highest BCUT2D eigenvalue weighted by atomic mass is 32.2. The molecule has 0 unspecified atom stereocenters. The number of methoxy groups -OCH3 is 1. The van der Waals surface area contributed by atoms with Crippen molar-refractivity contribution in [2.45, 2.75) is 12.8 Å². The number of allylic oxidation sites excluding steroid dienone is 1. The Kier molecular flexibility index (Phi) is 2.73. The number of fused-ring (bicyclic) bond motifs is 1. The molecule has 0 atom stereocenters. The van der Waals surface area contributed by atoms with Crippen molar-refractivity contribution < 1.29 is 13.2 Å². The highest BCUT2D eigenvalue weighted by Crippen LogP contribution is 2.28. The van der Waals surface area contributed by atoms with Gasteiger partial charge >= 0.3 is 0 Å². The quantitative estimate of drug-likeness (QED) is 0.845. The topological polar surface area (TPSA) is 69.4 Å². The highest BCUT2D eigenvalue weighted by molar-refractivity contribution is 7.93. The van der Waals surface area contributed by atoms with Gasteiger partial charge in [-0.25, -0.2) is 13.6 Å². The van der Waals surface area contributed by atoms with Crippen molar-refractivity contribution in [3.8, 4) is 5.75 Å². The van der Waals surface area contributed by atoms with Crippen LogP contribution in [0.2, 0.25) is 0 Å². The molecule has 0 fully saturated rings. The van der Waals surface area contributed by atoms with E-state index < -0.39 is 10.0 Å². The lowest BCUT2D eigenvalue weighted by Gasteiger charge is -2.15. The maximum atomic E-state index is 11.2. The number of hydrogen-bond donors (Lipinski definition) is 1. The van der Waals surface area contributed by atoms with Gasteiger partial charge in [-0.05, 0) is 42.2 Å². The van der Waals surface area contributed by atoms with Crippen molar-refractivity contribution in [3.05, 3.63) is 34.2 Å². The first-order chi connectivity index (χ1) is 7.50. The molecule has 0 spiro atoms. The Labute approximate surface area is 94.8 Å². The summed E-state index contributed by atoms with van der Waals surface area (Å²) in [4.78, 5) is 0.285. The fourth-order valence-corrected chi connectivity index (χ4v) is 2.47. The molecule has 0 amide bonds. The van der Waals surface area contributed by atoms with Crippen LogP contribution in [0.3, 0.4) is 0 Å². The second-order valence-corrected chi connectivity index (χ2v) is 5.33. The highest BCUT2D eigenvalue weighted by Gasteiger charge is 2.18. The molecule has 2 N–H and O–H groups in total. The first kappa shape index (κ1) is 11.2. The van der Waals surface area contributed by atoms with E-state index in [9.17, 15) is 8.42 Å². The van der Waals surface area contributed by atoms with E-state index >= 15 is 0 Å². The summed E-state index contributed by atoms with van der Waals surface area (Å²) in [5.41, 5.74) is 1.99. The van der Waals surface area contributed by atoms with E-state index in [1.54, 1.807) is 13.2 Å². The van der Waals surface area contributed by atoms with Gasteiger partial charge in [-0.15, -0.1) is 0 Å². The molecule has 1 aromatic carbocycles. The van der Waals surface area contributed by atoms with Crippen molar-refractivity contribution in [3.63, 3.8) is 0 Å². The average Bonchev–Trinajstić information content (AvgIpc) is 2.26. The molecule has 1 aliphatic rings. The van der Waals surface area contributed by atoms with E-state index in [-0.39, 0.29) is 4.91 Å². The Hall–Kier alpha value is -1.33. The van der Waals surface area contributed by atoms with Crippen LogP contribution >= 0.6 is 0 Å². The summed E-state index contributed by atoms with van der Waals surface area (Å²) in [6, 6.07) is 5.64. The molecule has 0 saturated heterocycles. The number of ether oxygens (including phenoxy) is 1. The number of sulfonamides is 1. The van der Waals surface area contributed by atoms with E-state index in [0.717, 1.165) is 11.1 Å². The predicted octanol–water partition coefficient (Wildman–Crippen LogP) is 1.27. The zero-order valence-electron chi connectivity index (χ0n) is 8.93. The van der Waals surface area contributed by atoms with Crippen molar-refractivity contribution in [1.82, 2.24) is 0 Å². The minimum absolute atomic E-state index is 0.285. The molecule has 86 valence electrons. The molecule has 0 radical (unpaired) electrons. The van der Waals surface area contributed by atoms with Gasteiger partial charge in [0.25, 0.3) is 0 Å². The standard InChI is InChI=1S/C11H13NO3S/c1-15-10-4-2-8-3-5-11(16(12,13)14)7-9(8)6-10/h2,4,6-7H,3,5H2,1H3,(H2,12,13,14). The molecule has 1 aliphatic carbocycles. The summed E-state index contributed by atoms with van der Waals surface area (Å²) in [7, 11) is -1.99. The van der Waals surface area contributed by atoms with E-state index in [4.69, 9.17) is 9.88 Å². The lowest BCUT2D eigenvalue weighted by atomic mass is 9.97. The normalized spacial score (nSPS) is 15.2. The summed E-state index contributed by atoms with van der Waals surface area (Å²) in [5.74, 6) is 0.714. The Morgan fingerprint density at radius 2 is 2.06 bits per heavy atom. The Morgan fingerprint density at radius 1 is 1.31 bits per heavy atom. The molecule has 5 heteroatoms. The summed E-state index contributed by atoms with van der Waals surface area (Å²) in [5, 5.41) is 5.11. The maximum absolute atomic E-state index is 11.2. The minimum atomic E-state index is -3.57. The molecule has 4 nitrogen and oxygen atoms in total. The third-order valence-corrected chi connectivity index (χ3v) is 3.73. The minimum Gasteiger partial charge on any atom is -0.497 e. The smallest absolute Gasteiger partial charge is 0.234 e. The molecule has 2 rings (SSSR count). The van der Waals surface area contributed by atoms with E-state index in [1.165, 1.54) is 0 Å². The Morgan fingerprint density at radius 3 is 2.69 bits per heavy atom. The van der Waals surface area contributed by atoms with Crippen LogP contribution in [0.15, 0.2) is 23.1 Å². The van der Waals surface area contributed by atoms with E-state index in [0.29, 0.717) is 18.6 Å². The predicted molar refractivity (Wildman–Crippen MR) is 62.4 cm³/mol. The molecular weight excluding hydrogens is 226 g/mol. The number of hydrogen-bond acceptors (Lipinski definition) is 3. The third kappa shape index (κ3) is 2.10. The van der Waals surface area contributed by atoms with Gasteiger partial charge in [-0.2, -0.15) is 0 Å². The van der Waals surface area contributed by atoms with Crippen molar-refractivity contribution in [2.75, 3.05) is 7.11 Å². The molecule has 1 aromatic rings. The second kappa shape index (κ2) is 3.92. The van der Waals surface area contributed by atoms with Crippen LogP contribution in [0.1, 0.15) is 17.5 Å². The summed E-state index contributed by atoms with van der Waals surface area (Å²) < 4.78 is 27.5. The molecule has 0 bridgehead atoms. The van der Waals surface area contributed by atoms with Gasteiger partial charge in [-0.1, -0.05) is 6.07 Å². The van der Waals surface area contributed by atoms with Crippen LogP contribution in [-0.2, 0) is 16.4 Å². The van der Waals surface area contributed by atoms with Crippen LogP contribution in [0, 0.1) is 0 Å². The van der Waals surface area contributed by atoms with E-state index in [2.05, 4.69) is 0 Å². The lowest BCUT2D eigenvalue weighted by Crippen LogP contribution is -2.17. The van der Waals surface area contributed by atoms with Crippen molar-refractivity contribution in [1.29, 1.82) is 0 Å². The molecule has 16 heavy (non-hydrogen) atoms. The average molecular weight is 239 g/mol. The summed E-state index contributed by atoms with van der Waals surface area (Å²) in [6.07, 6.45) is 2.79. The summed E-state index contributed by atoms with van der Waals surface area (Å²) in [6.45, 7) is 0. The first-order valence-electron chi connectivity index (χ1n) is 4.91. The van der Waals surface area contributed by atoms with E-state index in [1.807, 2.05) is 18.2 Å². The SMILES string of the molecule is COc1ccc2c(c1)C=C(S(N)(=O)=O)CC2. The van der Waals surface area contributed by atoms with Crippen LogP contribution in [-0.4, -0.2) is 15.5 Å². The monoisotopic (exact) mass is 239 g/mol. The number of nitrogens with two attached hydrogens (primary N) is 1. The van der Waals surface area contributed by atoms with Crippen LogP contribution in [0.4, 0.5) is 0 Å². The molecule has 0 saturated carbocycles. The Bertz CT molecular complexity index is 546.